The molecule has 0 N–H and O–H groups in total. The molecule has 2 heterocycles. The lowest BCUT2D eigenvalue weighted by Gasteiger charge is -2.15. The molecule has 0 saturated heterocycles. The van der Waals surface area contributed by atoms with Crippen molar-refractivity contribution in [1.29, 1.82) is 0 Å². The molecule has 0 amide bonds. The summed E-state index contributed by atoms with van der Waals surface area (Å²) < 4.78 is 5.00. The molecule has 178 valence electrons. The molecule has 0 radical (unpaired) electrons. The highest BCUT2D eigenvalue weighted by Gasteiger charge is 2.22. The maximum absolute atomic E-state index is 2.62. The van der Waals surface area contributed by atoms with Crippen LogP contribution in [0.5, 0.6) is 0 Å². The highest BCUT2D eigenvalue weighted by Crippen LogP contribution is 2.40. The van der Waals surface area contributed by atoms with Crippen LogP contribution in [0.25, 0.3) is 60.4 Å². The van der Waals surface area contributed by atoms with Gasteiger partial charge in [0, 0.05) is 44.3 Å². The van der Waals surface area contributed by atoms with E-state index in [2.05, 4.69) is 124 Å². The molecule has 0 unspecified atom stereocenters. The lowest BCUT2D eigenvalue weighted by Crippen LogP contribution is -2.03. The Kier molecular flexibility index (Phi) is 4.57. The maximum Gasteiger partial charge on any atom is 0.0541 e. The predicted molar refractivity (Wildman–Crippen MR) is 157 cm³/mol. The minimum Gasteiger partial charge on any atom is -0.337 e. The van der Waals surface area contributed by atoms with Gasteiger partial charge in [0.2, 0.25) is 0 Å². The number of aromatic nitrogens is 2. The van der Waals surface area contributed by atoms with Crippen LogP contribution in [0.3, 0.4) is 0 Å². The van der Waals surface area contributed by atoms with E-state index in [0.29, 0.717) is 6.04 Å². The monoisotopic (exact) mass is 476 g/mol. The van der Waals surface area contributed by atoms with Gasteiger partial charge < -0.3 is 9.13 Å². The van der Waals surface area contributed by atoms with Crippen LogP contribution in [-0.4, -0.2) is 9.13 Å². The Morgan fingerprint density at radius 2 is 0.973 bits per heavy atom. The summed E-state index contributed by atoms with van der Waals surface area (Å²) in [7, 11) is 0. The molecule has 8 rings (SSSR count). The fourth-order valence-corrected chi connectivity index (χ4v) is 6.75. The number of benzene rings is 5. The number of para-hydroxylation sites is 3. The first kappa shape index (κ1) is 20.8. The van der Waals surface area contributed by atoms with E-state index in [1.165, 1.54) is 86.1 Å². The van der Waals surface area contributed by atoms with Gasteiger partial charge in [0.1, 0.15) is 0 Å². The van der Waals surface area contributed by atoms with Gasteiger partial charge in [0.15, 0.2) is 0 Å². The molecule has 1 fully saturated rings. The van der Waals surface area contributed by atoms with Crippen LogP contribution in [0, 0.1) is 0 Å². The van der Waals surface area contributed by atoms with Crippen molar-refractivity contribution in [3.8, 4) is 16.8 Å². The molecule has 0 atom stereocenters. The SMILES string of the molecule is c1ccc(-n2c3ccccc3c3cc(-c4ccc5c(c4)c4ccccc4n5C4CCCC4)ccc32)cc1. The number of nitrogens with zero attached hydrogens (tertiary/aromatic N) is 2. The summed E-state index contributed by atoms with van der Waals surface area (Å²) in [6, 6.07) is 43.1. The number of hydrogen-bond donors (Lipinski definition) is 0. The third kappa shape index (κ3) is 3.12. The van der Waals surface area contributed by atoms with E-state index in [4.69, 9.17) is 0 Å². The van der Waals surface area contributed by atoms with Crippen molar-refractivity contribution in [2.45, 2.75) is 31.7 Å². The molecule has 2 aromatic heterocycles. The second-order valence-corrected chi connectivity index (χ2v) is 10.5. The Balaban J connectivity index is 1.35. The lowest BCUT2D eigenvalue weighted by atomic mass is 10.0. The molecule has 1 saturated carbocycles. The fraction of sp³-hybridized carbons (Fsp3) is 0.143. The summed E-state index contributed by atoms with van der Waals surface area (Å²) in [6.45, 7) is 0. The average molecular weight is 477 g/mol. The van der Waals surface area contributed by atoms with Gasteiger partial charge in [-0.05, 0) is 72.5 Å². The minimum atomic E-state index is 0.619. The highest BCUT2D eigenvalue weighted by molar-refractivity contribution is 6.12. The lowest BCUT2D eigenvalue weighted by molar-refractivity contribution is 0.550. The molecule has 0 aliphatic heterocycles. The Morgan fingerprint density at radius 3 is 1.70 bits per heavy atom. The van der Waals surface area contributed by atoms with Crippen molar-refractivity contribution in [3.63, 3.8) is 0 Å². The van der Waals surface area contributed by atoms with E-state index in [-0.39, 0.29) is 0 Å². The second-order valence-electron chi connectivity index (χ2n) is 10.5. The van der Waals surface area contributed by atoms with E-state index in [1.807, 2.05) is 0 Å². The zero-order valence-electron chi connectivity index (χ0n) is 20.8. The number of rotatable bonds is 3. The molecule has 2 heteroatoms. The van der Waals surface area contributed by atoms with Crippen LogP contribution in [0.4, 0.5) is 0 Å². The summed E-state index contributed by atoms with van der Waals surface area (Å²) in [5, 5.41) is 5.33. The first-order chi connectivity index (χ1) is 18.4. The molecule has 37 heavy (non-hydrogen) atoms. The van der Waals surface area contributed by atoms with Gasteiger partial charge in [-0.25, -0.2) is 0 Å². The van der Waals surface area contributed by atoms with Crippen molar-refractivity contribution in [3.05, 3.63) is 115 Å². The Morgan fingerprint density at radius 1 is 0.459 bits per heavy atom. The average Bonchev–Trinajstić information content (AvgIpc) is 3.68. The number of hydrogen-bond acceptors (Lipinski definition) is 0. The van der Waals surface area contributed by atoms with Gasteiger partial charge >= 0.3 is 0 Å². The molecular weight excluding hydrogens is 448 g/mol. The largest absolute Gasteiger partial charge is 0.337 e. The summed E-state index contributed by atoms with van der Waals surface area (Å²) >= 11 is 0. The summed E-state index contributed by atoms with van der Waals surface area (Å²) in [5.41, 5.74) is 8.98. The first-order valence-electron chi connectivity index (χ1n) is 13.5. The van der Waals surface area contributed by atoms with Crippen LogP contribution in [-0.2, 0) is 0 Å². The third-order valence-electron chi connectivity index (χ3n) is 8.42. The highest BCUT2D eigenvalue weighted by atomic mass is 15.0. The number of fused-ring (bicyclic) bond motifs is 6. The van der Waals surface area contributed by atoms with Crippen LogP contribution in [0.1, 0.15) is 31.7 Å². The van der Waals surface area contributed by atoms with Crippen LogP contribution in [0.15, 0.2) is 115 Å². The Bertz CT molecular complexity index is 1930. The van der Waals surface area contributed by atoms with E-state index in [1.54, 1.807) is 0 Å². The van der Waals surface area contributed by atoms with Crippen LogP contribution in [0.2, 0.25) is 0 Å². The van der Waals surface area contributed by atoms with Crippen molar-refractivity contribution >= 4 is 43.6 Å². The molecule has 2 nitrogen and oxygen atoms in total. The second kappa shape index (κ2) is 8.11. The normalized spacial score (nSPS) is 14.5. The molecule has 5 aromatic carbocycles. The predicted octanol–water partition coefficient (Wildman–Crippen LogP) is 9.67. The Labute approximate surface area is 216 Å². The van der Waals surface area contributed by atoms with Crippen molar-refractivity contribution in [1.82, 2.24) is 9.13 Å². The summed E-state index contributed by atoms with van der Waals surface area (Å²) in [6.07, 6.45) is 5.26. The zero-order valence-corrected chi connectivity index (χ0v) is 20.8. The van der Waals surface area contributed by atoms with E-state index in [9.17, 15) is 0 Å². The molecule has 1 aliphatic rings. The fourth-order valence-electron chi connectivity index (χ4n) is 6.75. The maximum atomic E-state index is 2.62. The van der Waals surface area contributed by atoms with Crippen LogP contribution < -0.4 is 0 Å². The van der Waals surface area contributed by atoms with Crippen molar-refractivity contribution in [2.24, 2.45) is 0 Å². The van der Waals surface area contributed by atoms with E-state index < -0.39 is 0 Å². The zero-order chi connectivity index (χ0) is 24.3. The van der Waals surface area contributed by atoms with Crippen molar-refractivity contribution < 1.29 is 0 Å². The molecule has 1 aliphatic carbocycles. The molecular formula is C35H28N2. The van der Waals surface area contributed by atoms with Crippen LogP contribution >= 0.6 is 0 Å². The van der Waals surface area contributed by atoms with Gasteiger partial charge in [0.05, 0.1) is 11.0 Å². The smallest absolute Gasteiger partial charge is 0.0541 e. The summed E-state index contributed by atoms with van der Waals surface area (Å²) in [4.78, 5) is 0. The molecule has 0 bridgehead atoms. The Hall–Kier alpha value is -4.30. The topological polar surface area (TPSA) is 9.86 Å². The van der Waals surface area contributed by atoms with Gasteiger partial charge in [-0.2, -0.15) is 0 Å². The standard InChI is InChI=1S/C35H28N2/c1-2-10-26(11-3-1)36-32-16-8-6-14-28(32)30-22-24(18-20-34(30)36)25-19-21-35-31(23-25)29-15-7-9-17-33(29)37(35)27-12-4-5-13-27/h1-3,6-11,14-23,27H,4-5,12-13H2. The van der Waals surface area contributed by atoms with E-state index in [0.717, 1.165) is 0 Å². The third-order valence-corrected chi connectivity index (χ3v) is 8.42. The van der Waals surface area contributed by atoms with Crippen molar-refractivity contribution in [2.75, 3.05) is 0 Å². The summed E-state index contributed by atoms with van der Waals surface area (Å²) in [5.74, 6) is 0. The molecule has 7 aromatic rings. The van der Waals surface area contributed by atoms with Gasteiger partial charge in [-0.1, -0.05) is 79.6 Å². The van der Waals surface area contributed by atoms with Gasteiger partial charge in [-0.15, -0.1) is 0 Å². The molecule has 0 spiro atoms. The van der Waals surface area contributed by atoms with Gasteiger partial charge in [-0.3, -0.25) is 0 Å². The minimum absolute atomic E-state index is 0.619. The quantitative estimate of drug-likeness (QED) is 0.240. The van der Waals surface area contributed by atoms with E-state index >= 15 is 0 Å². The van der Waals surface area contributed by atoms with Gasteiger partial charge in [0.25, 0.3) is 0 Å². The first-order valence-corrected chi connectivity index (χ1v) is 13.5.